The summed E-state index contributed by atoms with van der Waals surface area (Å²) in [7, 11) is 1.33. The van der Waals surface area contributed by atoms with E-state index >= 15 is 0 Å². The number of benzene rings is 1. The van der Waals surface area contributed by atoms with E-state index in [-0.39, 0.29) is 17.9 Å². The Morgan fingerprint density at radius 1 is 1.33 bits per heavy atom. The van der Waals surface area contributed by atoms with E-state index in [0.29, 0.717) is 23.0 Å². The van der Waals surface area contributed by atoms with E-state index < -0.39 is 5.97 Å². The van der Waals surface area contributed by atoms with Crippen LogP contribution in [0.5, 0.6) is 5.75 Å². The SMILES string of the molecule is COC(=O)c1ccc(OC(C)C)c(NC(=O)[C@H]2CCN[C@@H](C)C2)c1. The summed E-state index contributed by atoms with van der Waals surface area (Å²) in [5.74, 6) is 0.0129. The van der Waals surface area contributed by atoms with Crippen LogP contribution in [-0.2, 0) is 9.53 Å². The van der Waals surface area contributed by atoms with Crippen molar-refractivity contribution in [3.05, 3.63) is 23.8 Å². The molecule has 1 aliphatic rings. The van der Waals surface area contributed by atoms with Crippen LogP contribution >= 0.6 is 0 Å². The predicted octanol–water partition coefficient (Wildman–Crippen LogP) is 2.59. The minimum atomic E-state index is -0.447. The van der Waals surface area contributed by atoms with Crippen molar-refractivity contribution in [2.24, 2.45) is 5.92 Å². The maximum Gasteiger partial charge on any atom is 0.337 e. The van der Waals surface area contributed by atoms with Crippen molar-refractivity contribution in [3.63, 3.8) is 0 Å². The van der Waals surface area contributed by atoms with Gasteiger partial charge < -0.3 is 20.1 Å². The van der Waals surface area contributed by atoms with Gasteiger partial charge in [-0.05, 0) is 58.4 Å². The van der Waals surface area contributed by atoms with Crippen LogP contribution in [0.25, 0.3) is 0 Å². The summed E-state index contributed by atoms with van der Waals surface area (Å²) in [5, 5.41) is 6.26. The van der Waals surface area contributed by atoms with Gasteiger partial charge in [-0.1, -0.05) is 0 Å². The Bertz CT molecular complexity index is 601. The molecule has 24 heavy (non-hydrogen) atoms. The molecule has 1 fully saturated rings. The molecule has 0 unspecified atom stereocenters. The topological polar surface area (TPSA) is 76.7 Å². The molecule has 0 aliphatic carbocycles. The van der Waals surface area contributed by atoms with E-state index in [1.807, 2.05) is 13.8 Å². The molecule has 2 atom stereocenters. The molecule has 1 aliphatic heterocycles. The third-order valence-corrected chi connectivity index (χ3v) is 4.02. The fourth-order valence-corrected chi connectivity index (χ4v) is 2.83. The molecule has 0 radical (unpaired) electrons. The first-order valence-electron chi connectivity index (χ1n) is 8.34. The van der Waals surface area contributed by atoms with Crippen LogP contribution in [0.2, 0.25) is 0 Å². The van der Waals surface area contributed by atoms with E-state index in [0.717, 1.165) is 19.4 Å². The molecule has 0 saturated carbocycles. The first kappa shape index (κ1) is 18.3. The van der Waals surface area contributed by atoms with Crippen LogP contribution in [0.4, 0.5) is 5.69 Å². The highest BCUT2D eigenvalue weighted by atomic mass is 16.5. The van der Waals surface area contributed by atoms with Crippen LogP contribution in [0.3, 0.4) is 0 Å². The molecule has 0 aromatic heterocycles. The smallest absolute Gasteiger partial charge is 0.337 e. The third kappa shape index (κ3) is 4.71. The number of ether oxygens (including phenoxy) is 2. The number of carbonyl (C=O) groups excluding carboxylic acids is 2. The fraction of sp³-hybridized carbons (Fsp3) is 0.556. The second kappa shape index (κ2) is 8.15. The van der Waals surface area contributed by atoms with E-state index in [1.165, 1.54) is 7.11 Å². The quantitative estimate of drug-likeness (QED) is 0.810. The maximum absolute atomic E-state index is 12.6. The number of amides is 1. The molecule has 2 N–H and O–H groups in total. The molecule has 6 nitrogen and oxygen atoms in total. The van der Waals surface area contributed by atoms with Gasteiger partial charge >= 0.3 is 5.97 Å². The van der Waals surface area contributed by atoms with Crippen LogP contribution in [0.15, 0.2) is 18.2 Å². The number of carbonyl (C=O) groups is 2. The lowest BCUT2D eigenvalue weighted by molar-refractivity contribution is -0.120. The number of piperidine rings is 1. The first-order chi connectivity index (χ1) is 11.4. The average Bonchev–Trinajstić information content (AvgIpc) is 2.55. The van der Waals surface area contributed by atoms with Gasteiger partial charge in [0.15, 0.2) is 0 Å². The Morgan fingerprint density at radius 2 is 2.08 bits per heavy atom. The van der Waals surface area contributed by atoms with Crippen molar-refractivity contribution in [1.82, 2.24) is 5.32 Å². The Labute approximate surface area is 142 Å². The van der Waals surface area contributed by atoms with E-state index in [9.17, 15) is 9.59 Å². The standard InChI is InChI=1S/C18H26N2O4/c1-11(2)24-16-6-5-14(18(22)23-4)10-15(16)20-17(21)13-7-8-19-12(3)9-13/h5-6,10-13,19H,7-9H2,1-4H3,(H,20,21)/t12-,13-/m0/s1. The number of hydrogen-bond donors (Lipinski definition) is 2. The predicted molar refractivity (Wildman–Crippen MR) is 92.4 cm³/mol. The van der Waals surface area contributed by atoms with Crippen LogP contribution in [-0.4, -0.2) is 37.7 Å². The number of anilines is 1. The Balaban J connectivity index is 2.21. The molecular formula is C18H26N2O4. The Hall–Kier alpha value is -2.08. The largest absolute Gasteiger partial charge is 0.489 e. The maximum atomic E-state index is 12.6. The monoisotopic (exact) mass is 334 g/mol. The first-order valence-corrected chi connectivity index (χ1v) is 8.34. The number of rotatable bonds is 5. The van der Waals surface area contributed by atoms with E-state index in [4.69, 9.17) is 9.47 Å². The molecule has 2 rings (SSSR count). The Kier molecular flexibility index (Phi) is 6.20. The lowest BCUT2D eigenvalue weighted by atomic mass is 9.92. The summed E-state index contributed by atoms with van der Waals surface area (Å²) in [6, 6.07) is 5.24. The van der Waals surface area contributed by atoms with Gasteiger partial charge in [-0.15, -0.1) is 0 Å². The van der Waals surface area contributed by atoms with Crippen molar-refractivity contribution < 1.29 is 19.1 Å². The molecule has 1 aromatic rings. The summed E-state index contributed by atoms with van der Waals surface area (Å²) in [6.45, 7) is 6.73. The fourth-order valence-electron chi connectivity index (χ4n) is 2.83. The average molecular weight is 334 g/mol. The van der Waals surface area contributed by atoms with Crippen molar-refractivity contribution in [1.29, 1.82) is 0 Å². The highest BCUT2D eigenvalue weighted by molar-refractivity contribution is 5.97. The van der Waals surface area contributed by atoms with Crippen molar-refractivity contribution in [3.8, 4) is 5.75 Å². The van der Waals surface area contributed by atoms with Crippen molar-refractivity contribution in [2.45, 2.75) is 45.8 Å². The summed E-state index contributed by atoms with van der Waals surface area (Å²) in [6.07, 6.45) is 1.55. The zero-order chi connectivity index (χ0) is 17.7. The number of methoxy groups -OCH3 is 1. The van der Waals surface area contributed by atoms with Gasteiger partial charge in [0.05, 0.1) is 24.5 Å². The van der Waals surface area contributed by atoms with Gasteiger partial charge in [-0.2, -0.15) is 0 Å². The van der Waals surface area contributed by atoms with Crippen molar-refractivity contribution >= 4 is 17.6 Å². The van der Waals surface area contributed by atoms with Gasteiger partial charge in [0, 0.05) is 12.0 Å². The zero-order valence-electron chi connectivity index (χ0n) is 14.7. The minimum Gasteiger partial charge on any atom is -0.489 e. The normalized spacial score (nSPS) is 20.5. The van der Waals surface area contributed by atoms with Gasteiger partial charge in [0.1, 0.15) is 5.75 Å². The highest BCUT2D eigenvalue weighted by Crippen LogP contribution is 2.29. The zero-order valence-corrected chi connectivity index (χ0v) is 14.7. The second-order valence-corrected chi connectivity index (χ2v) is 6.43. The lowest BCUT2D eigenvalue weighted by Gasteiger charge is -2.27. The molecule has 1 heterocycles. The highest BCUT2D eigenvalue weighted by Gasteiger charge is 2.25. The van der Waals surface area contributed by atoms with Gasteiger partial charge in [0.25, 0.3) is 0 Å². The second-order valence-electron chi connectivity index (χ2n) is 6.43. The summed E-state index contributed by atoms with van der Waals surface area (Å²) < 4.78 is 10.5. The van der Waals surface area contributed by atoms with E-state index in [1.54, 1.807) is 18.2 Å². The van der Waals surface area contributed by atoms with Gasteiger partial charge in [-0.25, -0.2) is 4.79 Å². The lowest BCUT2D eigenvalue weighted by Crippen LogP contribution is -2.40. The third-order valence-electron chi connectivity index (χ3n) is 4.02. The molecule has 132 valence electrons. The molecule has 0 spiro atoms. The number of esters is 1. The summed E-state index contributed by atoms with van der Waals surface area (Å²) >= 11 is 0. The summed E-state index contributed by atoms with van der Waals surface area (Å²) in [5.41, 5.74) is 0.880. The van der Waals surface area contributed by atoms with Gasteiger partial charge in [-0.3, -0.25) is 4.79 Å². The molecule has 6 heteroatoms. The van der Waals surface area contributed by atoms with E-state index in [2.05, 4.69) is 17.6 Å². The number of hydrogen-bond acceptors (Lipinski definition) is 5. The number of nitrogens with one attached hydrogen (secondary N) is 2. The van der Waals surface area contributed by atoms with Gasteiger partial charge in [0.2, 0.25) is 5.91 Å². The minimum absolute atomic E-state index is 0.0384. The molecular weight excluding hydrogens is 308 g/mol. The Morgan fingerprint density at radius 3 is 2.71 bits per heavy atom. The molecule has 0 bridgehead atoms. The summed E-state index contributed by atoms with van der Waals surface area (Å²) in [4.78, 5) is 24.3. The molecule has 1 aromatic carbocycles. The molecule has 1 amide bonds. The van der Waals surface area contributed by atoms with Crippen LogP contribution < -0.4 is 15.4 Å². The van der Waals surface area contributed by atoms with Crippen LogP contribution in [0.1, 0.15) is 44.0 Å². The van der Waals surface area contributed by atoms with Crippen molar-refractivity contribution in [2.75, 3.05) is 19.0 Å². The molecule has 1 saturated heterocycles. The van der Waals surface area contributed by atoms with Crippen LogP contribution in [0, 0.1) is 5.92 Å².